The van der Waals surface area contributed by atoms with Crippen molar-refractivity contribution in [1.82, 2.24) is 10.2 Å². The minimum absolute atomic E-state index is 0.846. The Labute approximate surface area is 120 Å². The lowest BCUT2D eigenvalue weighted by Crippen LogP contribution is -2.36. The number of rotatable bonds is 4. The number of para-hydroxylation sites is 1. The van der Waals surface area contributed by atoms with Gasteiger partial charge in [0.2, 0.25) is 0 Å². The molecule has 0 radical (unpaired) electrons. The molecular formula is C17H24N2O. The maximum Gasteiger partial charge on any atom is 0.134 e. The number of piperidine rings is 1. The first-order valence-corrected chi connectivity index (χ1v) is 7.62. The van der Waals surface area contributed by atoms with E-state index in [0.717, 1.165) is 30.4 Å². The normalized spacial score (nSPS) is 17.9. The van der Waals surface area contributed by atoms with Gasteiger partial charge in [-0.05, 0) is 58.4 Å². The fourth-order valence-electron chi connectivity index (χ4n) is 3.28. The number of furan rings is 1. The number of fused-ring (bicyclic) bond motifs is 1. The summed E-state index contributed by atoms with van der Waals surface area (Å²) in [7, 11) is 2.05. The van der Waals surface area contributed by atoms with Gasteiger partial charge in [0.15, 0.2) is 0 Å². The molecule has 1 aromatic carbocycles. The summed E-state index contributed by atoms with van der Waals surface area (Å²) in [5, 5.41) is 4.58. The minimum atomic E-state index is 0.846. The summed E-state index contributed by atoms with van der Waals surface area (Å²) < 4.78 is 5.86. The number of likely N-dealkylation sites (tertiary alicyclic amines) is 1. The predicted molar refractivity (Wildman–Crippen MR) is 82.9 cm³/mol. The van der Waals surface area contributed by atoms with Crippen LogP contribution in [-0.2, 0) is 6.54 Å². The van der Waals surface area contributed by atoms with Gasteiger partial charge in [0.25, 0.3) is 0 Å². The lowest BCUT2D eigenvalue weighted by Gasteiger charge is -2.31. The van der Waals surface area contributed by atoms with Crippen LogP contribution < -0.4 is 5.32 Å². The Morgan fingerprint density at radius 1 is 1.25 bits per heavy atom. The highest BCUT2D eigenvalue weighted by Gasteiger charge is 2.20. The van der Waals surface area contributed by atoms with Gasteiger partial charge < -0.3 is 9.73 Å². The summed E-state index contributed by atoms with van der Waals surface area (Å²) in [5.41, 5.74) is 2.39. The van der Waals surface area contributed by atoms with E-state index >= 15 is 0 Å². The zero-order valence-corrected chi connectivity index (χ0v) is 12.5. The van der Waals surface area contributed by atoms with Crippen molar-refractivity contribution in [3.63, 3.8) is 0 Å². The summed E-state index contributed by atoms with van der Waals surface area (Å²) in [6.45, 7) is 6.66. The maximum atomic E-state index is 5.86. The fraction of sp³-hybridized carbons (Fsp3) is 0.529. The van der Waals surface area contributed by atoms with Crippen LogP contribution in [0.4, 0.5) is 0 Å². The molecular weight excluding hydrogens is 248 g/mol. The summed E-state index contributed by atoms with van der Waals surface area (Å²) in [5.74, 6) is 1.92. The highest BCUT2D eigenvalue weighted by molar-refractivity contribution is 5.82. The fourth-order valence-corrected chi connectivity index (χ4v) is 3.28. The van der Waals surface area contributed by atoms with E-state index in [0.29, 0.717) is 0 Å². The van der Waals surface area contributed by atoms with Crippen molar-refractivity contribution in [3.05, 3.63) is 35.6 Å². The molecule has 0 amide bonds. The molecule has 108 valence electrons. The van der Waals surface area contributed by atoms with Crippen LogP contribution in [0, 0.1) is 12.8 Å². The first kappa shape index (κ1) is 13.7. The van der Waals surface area contributed by atoms with Gasteiger partial charge in [0.1, 0.15) is 11.3 Å². The molecule has 1 aliphatic heterocycles. The van der Waals surface area contributed by atoms with Crippen molar-refractivity contribution >= 4 is 11.0 Å². The van der Waals surface area contributed by atoms with Crippen LogP contribution in [0.25, 0.3) is 11.0 Å². The molecule has 1 aromatic heterocycles. The van der Waals surface area contributed by atoms with Crippen LogP contribution in [-0.4, -0.2) is 31.6 Å². The molecule has 1 fully saturated rings. The van der Waals surface area contributed by atoms with Crippen LogP contribution in [0.5, 0.6) is 0 Å². The molecule has 3 heteroatoms. The van der Waals surface area contributed by atoms with Gasteiger partial charge in [0, 0.05) is 17.5 Å². The van der Waals surface area contributed by atoms with Crippen molar-refractivity contribution in [2.75, 3.05) is 26.7 Å². The molecule has 2 heterocycles. The zero-order valence-electron chi connectivity index (χ0n) is 12.5. The molecule has 3 rings (SSSR count). The van der Waals surface area contributed by atoms with Crippen molar-refractivity contribution in [1.29, 1.82) is 0 Å². The number of nitrogens with zero attached hydrogens (tertiary/aromatic N) is 1. The molecule has 0 bridgehead atoms. The van der Waals surface area contributed by atoms with E-state index in [4.69, 9.17) is 4.42 Å². The Morgan fingerprint density at radius 2 is 2.00 bits per heavy atom. The molecule has 1 N–H and O–H groups in total. The van der Waals surface area contributed by atoms with Crippen LogP contribution in [0.15, 0.2) is 28.7 Å². The summed E-state index contributed by atoms with van der Waals surface area (Å²) in [6.07, 6.45) is 2.60. The Hall–Kier alpha value is -1.32. The van der Waals surface area contributed by atoms with Crippen LogP contribution >= 0.6 is 0 Å². The molecule has 0 aliphatic carbocycles. The summed E-state index contributed by atoms with van der Waals surface area (Å²) in [6, 6.07) is 8.37. The largest absolute Gasteiger partial charge is 0.461 e. The minimum Gasteiger partial charge on any atom is -0.461 e. The van der Waals surface area contributed by atoms with E-state index in [2.05, 4.69) is 35.3 Å². The summed E-state index contributed by atoms with van der Waals surface area (Å²) >= 11 is 0. The van der Waals surface area contributed by atoms with Crippen LogP contribution in [0.1, 0.15) is 24.2 Å². The number of aryl methyl sites for hydroxylation is 1. The van der Waals surface area contributed by atoms with Crippen molar-refractivity contribution in [3.8, 4) is 0 Å². The smallest absolute Gasteiger partial charge is 0.134 e. The molecule has 2 aromatic rings. The summed E-state index contributed by atoms with van der Waals surface area (Å²) in [4.78, 5) is 2.57. The lowest BCUT2D eigenvalue weighted by atomic mass is 9.96. The van der Waals surface area contributed by atoms with Gasteiger partial charge in [-0.3, -0.25) is 4.90 Å². The Balaban J connectivity index is 1.70. The van der Waals surface area contributed by atoms with E-state index in [9.17, 15) is 0 Å². The van der Waals surface area contributed by atoms with Gasteiger partial charge in [0.05, 0.1) is 0 Å². The molecule has 0 saturated carbocycles. The van der Waals surface area contributed by atoms with E-state index in [1.807, 2.05) is 13.1 Å². The van der Waals surface area contributed by atoms with Gasteiger partial charge in [-0.1, -0.05) is 18.2 Å². The monoisotopic (exact) mass is 272 g/mol. The molecule has 1 saturated heterocycles. The van der Waals surface area contributed by atoms with Gasteiger partial charge >= 0.3 is 0 Å². The third-order valence-corrected chi connectivity index (χ3v) is 4.48. The second kappa shape index (κ2) is 5.98. The second-order valence-corrected chi connectivity index (χ2v) is 5.91. The molecule has 0 unspecified atom stereocenters. The number of hydrogen-bond acceptors (Lipinski definition) is 3. The first-order valence-electron chi connectivity index (χ1n) is 7.62. The first-order chi connectivity index (χ1) is 9.78. The van der Waals surface area contributed by atoms with E-state index in [-0.39, 0.29) is 0 Å². The Morgan fingerprint density at radius 3 is 2.75 bits per heavy atom. The van der Waals surface area contributed by atoms with E-state index < -0.39 is 0 Å². The molecule has 3 nitrogen and oxygen atoms in total. The topological polar surface area (TPSA) is 28.4 Å². The SMILES string of the molecule is CNCC1CCN(Cc2c(C)oc3ccccc23)CC1. The van der Waals surface area contributed by atoms with Crippen LogP contribution in [0.3, 0.4) is 0 Å². The van der Waals surface area contributed by atoms with Gasteiger partial charge in [-0.2, -0.15) is 0 Å². The van der Waals surface area contributed by atoms with Gasteiger partial charge in [-0.15, -0.1) is 0 Å². The average molecular weight is 272 g/mol. The van der Waals surface area contributed by atoms with Crippen molar-refractivity contribution in [2.24, 2.45) is 5.92 Å². The third kappa shape index (κ3) is 2.74. The van der Waals surface area contributed by atoms with Crippen LogP contribution in [0.2, 0.25) is 0 Å². The quantitative estimate of drug-likeness (QED) is 0.926. The van der Waals surface area contributed by atoms with Crippen molar-refractivity contribution < 1.29 is 4.42 Å². The molecule has 20 heavy (non-hydrogen) atoms. The molecule has 1 aliphatic rings. The highest BCUT2D eigenvalue weighted by Crippen LogP contribution is 2.28. The van der Waals surface area contributed by atoms with Gasteiger partial charge in [-0.25, -0.2) is 0 Å². The van der Waals surface area contributed by atoms with Crippen molar-refractivity contribution in [2.45, 2.75) is 26.3 Å². The maximum absolute atomic E-state index is 5.86. The number of nitrogens with one attached hydrogen (secondary N) is 1. The predicted octanol–water partition coefficient (Wildman–Crippen LogP) is 3.17. The second-order valence-electron chi connectivity index (χ2n) is 5.91. The number of benzene rings is 1. The number of hydrogen-bond donors (Lipinski definition) is 1. The Bertz CT molecular complexity index is 567. The third-order valence-electron chi connectivity index (χ3n) is 4.48. The average Bonchev–Trinajstić information content (AvgIpc) is 2.78. The highest BCUT2D eigenvalue weighted by atomic mass is 16.3. The van der Waals surface area contributed by atoms with E-state index in [1.54, 1.807) is 0 Å². The lowest BCUT2D eigenvalue weighted by molar-refractivity contribution is 0.176. The Kier molecular flexibility index (Phi) is 4.08. The molecule has 0 spiro atoms. The standard InChI is InChI=1S/C17H24N2O/c1-13-16(15-5-3-4-6-17(15)20-13)12-19-9-7-14(8-10-19)11-18-2/h3-6,14,18H,7-12H2,1-2H3. The molecule has 0 atom stereocenters. The van der Waals surface area contributed by atoms with E-state index in [1.165, 1.54) is 36.9 Å². The zero-order chi connectivity index (χ0) is 13.9.